The minimum absolute atomic E-state index is 0.00525. The Balaban J connectivity index is 2.38. The van der Waals surface area contributed by atoms with Gasteiger partial charge < -0.3 is 5.11 Å². The molecule has 19 heavy (non-hydrogen) atoms. The third-order valence-corrected chi connectivity index (χ3v) is 3.63. The number of hydrogen-bond donors (Lipinski definition) is 1. The maximum absolute atomic E-state index is 13.6. The molecule has 98 valence electrons. The highest BCUT2D eigenvalue weighted by Crippen LogP contribution is 2.31. The lowest BCUT2D eigenvalue weighted by molar-refractivity contribution is 0.471. The average Bonchev–Trinajstić information content (AvgIpc) is 2.33. The summed E-state index contributed by atoms with van der Waals surface area (Å²) in [7, 11) is 0. The number of phenols is 1. The zero-order chi connectivity index (χ0) is 14.0. The first-order valence-electron chi connectivity index (χ1n) is 5.14. The predicted octanol–water partition coefficient (Wildman–Crippen LogP) is 5.46. The van der Waals surface area contributed by atoms with E-state index in [4.69, 9.17) is 11.6 Å². The maximum Gasteiger partial charge on any atom is 0.149 e. The van der Waals surface area contributed by atoms with Crippen LogP contribution in [-0.4, -0.2) is 11.3 Å². The normalized spacial score (nSPS) is 11.2. The van der Waals surface area contributed by atoms with Gasteiger partial charge in [-0.25, -0.2) is 4.39 Å². The summed E-state index contributed by atoms with van der Waals surface area (Å²) in [5.41, 5.74) is 0.584. The first-order valence-corrected chi connectivity index (χ1v) is 7.11. The molecular weight excluding hydrogens is 400 g/mol. The summed E-state index contributed by atoms with van der Waals surface area (Å²) < 4.78 is 14.7. The van der Waals surface area contributed by atoms with Crippen molar-refractivity contribution in [3.63, 3.8) is 0 Å². The SMILES string of the molecule is Oc1c(Br)cc(Cl)cc1C=Nc1ccc(Br)cc1F. The van der Waals surface area contributed by atoms with Gasteiger partial charge in [0.05, 0.1) is 10.2 Å². The van der Waals surface area contributed by atoms with Crippen LogP contribution < -0.4 is 0 Å². The largest absolute Gasteiger partial charge is 0.506 e. The van der Waals surface area contributed by atoms with Gasteiger partial charge in [-0.2, -0.15) is 0 Å². The quantitative estimate of drug-likeness (QED) is 0.659. The zero-order valence-corrected chi connectivity index (χ0v) is 13.3. The van der Waals surface area contributed by atoms with Gasteiger partial charge in [0.15, 0.2) is 0 Å². The molecule has 1 N–H and O–H groups in total. The second kappa shape index (κ2) is 6.03. The van der Waals surface area contributed by atoms with Crippen molar-refractivity contribution in [2.45, 2.75) is 0 Å². The molecule has 0 amide bonds. The van der Waals surface area contributed by atoms with E-state index in [0.717, 1.165) is 0 Å². The van der Waals surface area contributed by atoms with E-state index < -0.39 is 5.82 Å². The first kappa shape index (κ1) is 14.5. The topological polar surface area (TPSA) is 32.6 Å². The van der Waals surface area contributed by atoms with E-state index >= 15 is 0 Å². The standard InChI is InChI=1S/C13H7Br2ClFNO/c14-8-1-2-12(11(17)4-8)18-6-7-3-9(16)5-10(15)13(7)19/h1-6,19H. The van der Waals surface area contributed by atoms with Crippen molar-refractivity contribution in [1.82, 2.24) is 0 Å². The third kappa shape index (κ3) is 3.55. The molecule has 0 fully saturated rings. The van der Waals surface area contributed by atoms with Crippen LogP contribution >= 0.6 is 43.5 Å². The van der Waals surface area contributed by atoms with Gasteiger partial charge in [-0.3, -0.25) is 4.99 Å². The van der Waals surface area contributed by atoms with E-state index in [1.54, 1.807) is 18.2 Å². The maximum atomic E-state index is 13.6. The molecule has 0 radical (unpaired) electrons. The number of halogens is 4. The number of nitrogens with zero attached hydrogens (tertiary/aromatic N) is 1. The van der Waals surface area contributed by atoms with Gasteiger partial charge in [0, 0.05) is 21.3 Å². The fourth-order valence-electron chi connectivity index (χ4n) is 1.41. The van der Waals surface area contributed by atoms with Crippen molar-refractivity contribution < 1.29 is 9.50 Å². The van der Waals surface area contributed by atoms with E-state index in [0.29, 0.717) is 19.5 Å². The summed E-state index contributed by atoms with van der Waals surface area (Å²) in [6, 6.07) is 7.65. The Hall–Kier alpha value is -0.910. The lowest BCUT2D eigenvalue weighted by atomic mass is 10.2. The smallest absolute Gasteiger partial charge is 0.149 e. The molecule has 0 heterocycles. The fourth-order valence-corrected chi connectivity index (χ4v) is 2.58. The molecule has 6 heteroatoms. The Labute approximate surface area is 131 Å². The second-order valence-corrected chi connectivity index (χ2v) is 5.89. The number of hydrogen-bond acceptors (Lipinski definition) is 2. The average molecular weight is 407 g/mol. The third-order valence-electron chi connectivity index (χ3n) is 2.31. The number of aliphatic imine (C=N–C) groups is 1. The monoisotopic (exact) mass is 405 g/mol. The number of phenolic OH excluding ortho intramolecular Hbond substituents is 1. The van der Waals surface area contributed by atoms with Crippen molar-refractivity contribution >= 4 is 55.4 Å². The van der Waals surface area contributed by atoms with Gasteiger partial charge in [0.2, 0.25) is 0 Å². The van der Waals surface area contributed by atoms with Gasteiger partial charge in [-0.15, -0.1) is 0 Å². The van der Waals surface area contributed by atoms with Crippen molar-refractivity contribution in [1.29, 1.82) is 0 Å². The van der Waals surface area contributed by atoms with Crippen LogP contribution in [0.5, 0.6) is 5.75 Å². The van der Waals surface area contributed by atoms with Gasteiger partial charge in [0.1, 0.15) is 11.6 Å². The van der Waals surface area contributed by atoms with Crippen molar-refractivity contribution in [2.24, 2.45) is 4.99 Å². The summed E-state index contributed by atoms with van der Waals surface area (Å²) in [4.78, 5) is 4.00. The molecule has 0 saturated heterocycles. The molecule has 0 aliphatic rings. The van der Waals surface area contributed by atoms with Crippen LogP contribution in [0.2, 0.25) is 5.02 Å². The van der Waals surface area contributed by atoms with Gasteiger partial charge in [-0.1, -0.05) is 27.5 Å². The van der Waals surface area contributed by atoms with E-state index in [1.165, 1.54) is 18.3 Å². The molecule has 0 spiro atoms. The summed E-state index contributed by atoms with van der Waals surface area (Å²) >= 11 is 12.2. The molecular formula is C13H7Br2ClFNO. The minimum Gasteiger partial charge on any atom is -0.506 e. The molecule has 0 atom stereocenters. The van der Waals surface area contributed by atoms with Crippen LogP contribution in [-0.2, 0) is 0 Å². The van der Waals surface area contributed by atoms with Crippen molar-refractivity contribution in [3.8, 4) is 5.75 Å². The molecule has 0 unspecified atom stereocenters. The summed E-state index contributed by atoms with van der Waals surface area (Å²) in [6.07, 6.45) is 1.36. The van der Waals surface area contributed by atoms with Crippen molar-refractivity contribution in [2.75, 3.05) is 0 Å². The molecule has 2 aromatic carbocycles. The lowest BCUT2D eigenvalue weighted by Gasteiger charge is -2.03. The number of rotatable bonds is 2. The molecule has 2 aromatic rings. The molecule has 0 aromatic heterocycles. The highest BCUT2D eigenvalue weighted by Gasteiger charge is 2.06. The lowest BCUT2D eigenvalue weighted by Crippen LogP contribution is -1.85. The Morgan fingerprint density at radius 2 is 1.95 bits per heavy atom. The molecule has 0 aliphatic carbocycles. The molecule has 2 nitrogen and oxygen atoms in total. The van der Waals surface area contributed by atoms with E-state index in [9.17, 15) is 9.50 Å². The highest BCUT2D eigenvalue weighted by atomic mass is 79.9. The molecule has 0 saturated carbocycles. The highest BCUT2D eigenvalue weighted by molar-refractivity contribution is 9.10. The van der Waals surface area contributed by atoms with Crippen LogP contribution in [0, 0.1) is 5.82 Å². The second-order valence-electron chi connectivity index (χ2n) is 3.68. The molecule has 0 bridgehead atoms. The van der Waals surface area contributed by atoms with Crippen LogP contribution in [0.3, 0.4) is 0 Å². The summed E-state index contributed by atoms with van der Waals surface area (Å²) in [5, 5.41) is 10.3. The van der Waals surface area contributed by atoms with Crippen LogP contribution in [0.25, 0.3) is 0 Å². The summed E-state index contributed by atoms with van der Waals surface area (Å²) in [6.45, 7) is 0. The first-order chi connectivity index (χ1) is 8.97. The van der Waals surface area contributed by atoms with Crippen LogP contribution in [0.1, 0.15) is 5.56 Å². The summed E-state index contributed by atoms with van der Waals surface area (Å²) in [5.74, 6) is -0.447. The van der Waals surface area contributed by atoms with Crippen LogP contribution in [0.4, 0.5) is 10.1 Å². The van der Waals surface area contributed by atoms with Gasteiger partial charge in [0.25, 0.3) is 0 Å². The zero-order valence-electron chi connectivity index (χ0n) is 9.37. The van der Waals surface area contributed by atoms with E-state index in [-0.39, 0.29) is 11.4 Å². The Morgan fingerprint density at radius 1 is 1.21 bits per heavy atom. The van der Waals surface area contributed by atoms with Gasteiger partial charge >= 0.3 is 0 Å². The Kier molecular flexibility index (Phi) is 4.60. The fraction of sp³-hybridized carbons (Fsp3) is 0. The van der Waals surface area contributed by atoms with Gasteiger partial charge in [-0.05, 0) is 46.3 Å². The molecule has 2 rings (SSSR count). The minimum atomic E-state index is -0.453. The number of aromatic hydroxyl groups is 1. The van der Waals surface area contributed by atoms with E-state index in [1.807, 2.05) is 0 Å². The Morgan fingerprint density at radius 3 is 2.63 bits per heavy atom. The predicted molar refractivity (Wildman–Crippen MR) is 82.2 cm³/mol. The van der Waals surface area contributed by atoms with E-state index in [2.05, 4.69) is 36.9 Å². The molecule has 0 aliphatic heterocycles. The Bertz CT molecular complexity index is 661. The van der Waals surface area contributed by atoms with Crippen LogP contribution in [0.15, 0.2) is 44.3 Å². The number of benzene rings is 2. The van der Waals surface area contributed by atoms with Crippen molar-refractivity contribution in [3.05, 3.63) is 55.7 Å².